The van der Waals surface area contributed by atoms with E-state index in [0.717, 1.165) is 15.9 Å². The molecule has 0 aromatic carbocycles. The Hall–Kier alpha value is -1.29. The molecule has 0 fully saturated rings. The van der Waals surface area contributed by atoms with Gasteiger partial charge in [0, 0.05) is 23.7 Å². The lowest BCUT2D eigenvalue weighted by atomic mass is 10.2. The monoisotopic (exact) mass is 249 g/mol. The van der Waals surface area contributed by atoms with Crippen molar-refractivity contribution in [3.05, 3.63) is 40.9 Å². The highest BCUT2D eigenvalue weighted by molar-refractivity contribution is 9.10. The van der Waals surface area contributed by atoms with E-state index >= 15 is 0 Å². The minimum absolute atomic E-state index is 0.699. The van der Waals surface area contributed by atoms with Crippen LogP contribution in [0.4, 0.5) is 0 Å². The first kappa shape index (κ1) is 9.27. The summed E-state index contributed by atoms with van der Waals surface area (Å²) >= 11 is 3.34. The first-order chi connectivity index (χ1) is 6.75. The molecule has 0 radical (unpaired) electrons. The summed E-state index contributed by atoms with van der Waals surface area (Å²) in [4.78, 5) is 12.6. The van der Waals surface area contributed by atoms with Crippen LogP contribution in [-0.2, 0) is 0 Å². The van der Waals surface area contributed by atoms with E-state index in [1.54, 1.807) is 12.4 Å². The third-order valence-corrected chi connectivity index (χ3v) is 2.15. The zero-order valence-electron chi connectivity index (χ0n) is 7.61. The molecular formula is C10H8BrN3. The molecule has 0 aliphatic rings. The van der Waals surface area contributed by atoms with Crippen molar-refractivity contribution < 1.29 is 0 Å². The van der Waals surface area contributed by atoms with E-state index in [1.165, 1.54) is 0 Å². The van der Waals surface area contributed by atoms with E-state index in [0.29, 0.717) is 5.82 Å². The third kappa shape index (κ3) is 1.96. The molecule has 3 nitrogen and oxygen atoms in total. The van der Waals surface area contributed by atoms with Gasteiger partial charge < -0.3 is 0 Å². The third-order valence-electron chi connectivity index (χ3n) is 1.74. The fourth-order valence-electron chi connectivity index (χ4n) is 1.15. The Kier molecular flexibility index (Phi) is 2.54. The Morgan fingerprint density at radius 3 is 2.79 bits per heavy atom. The molecule has 0 saturated carbocycles. The normalized spacial score (nSPS) is 10.1. The van der Waals surface area contributed by atoms with Gasteiger partial charge in [0.1, 0.15) is 4.60 Å². The quantitative estimate of drug-likeness (QED) is 0.730. The number of halogens is 1. The van der Waals surface area contributed by atoms with E-state index in [9.17, 15) is 0 Å². The van der Waals surface area contributed by atoms with Crippen LogP contribution in [0, 0.1) is 6.92 Å². The molecular weight excluding hydrogens is 242 g/mol. The van der Waals surface area contributed by atoms with Crippen molar-refractivity contribution in [1.29, 1.82) is 0 Å². The molecule has 14 heavy (non-hydrogen) atoms. The number of rotatable bonds is 1. The Labute approximate surface area is 90.4 Å². The zero-order valence-corrected chi connectivity index (χ0v) is 9.19. The molecule has 0 atom stereocenters. The van der Waals surface area contributed by atoms with Crippen molar-refractivity contribution in [1.82, 2.24) is 15.0 Å². The van der Waals surface area contributed by atoms with E-state index in [1.807, 2.05) is 25.1 Å². The van der Waals surface area contributed by atoms with Gasteiger partial charge in [-0.2, -0.15) is 0 Å². The smallest absolute Gasteiger partial charge is 0.162 e. The minimum atomic E-state index is 0.699. The molecule has 0 N–H and O–H groups in total. The van der Waals surface area contributed by atoms with Crippen molar-refractivity contribution in [2.24, 2.45) is 0 Å². The summed E-state index contributed by atoms with van der Waals surface area (Å²) in [6.07, 6.45) is 3.48. The topological polar surface area (TPSA) is 38.7 Å². The van der Waals surface area contributed by atoms with Crippen molar-refractivity contribution in [2.75, 3.05) is 0 Å². The maximum atomic E-state index is 4.32. The molecule has 2 rings (SSSR count). The molecule has 70 valence electrons. The van der Waals surface area contributed by atoms with Crippen molar-refractivity contribution in [2.45, 2.75) is 6.92 Å². The van der Waals surface area contributed by atoms with Gasteiger partial charge >= 0.3 is 0 Å². The van der Waals surface area contributed by atoms with Crippen LogP contribution in [0.25, 0.3) is 11.4 Å². The van der Waals surface area contributed by atoms with Gasteiger partial charge in [-0.15, -0.1) is 0 Å². The van der Waals surface area contributed by atoms with Crippen LogP contribution in [0.15, 0.2) is 35.2 Å². The summed E-state index contributed by atoms with van der Waals surface area (Å²) in [5.74, 6) is 0.699. The van der Waals surface area contributed by atoms with Crippen LogP contribution in [0.5, 0.6) is 0 Å². The van der Waals surface area contributed by atoms with Gasteiger partial charge in [0.2, 0.25) is 0 Å². The number of nitrogens with zero attached hydrogens (tertiary/aromatic N) is 3. The Morgan fingerprint density at radius 1 is 1.29 bits per heavy atom. The molecule has 0 unspecified atom stereocenters. The van der Waals surface area contributed by atoms with Crippen LogP contribution in [0.3, 0.4) is 0 Å². The average molecular weight is 250 g/mol. The molecule has 0 bridgehead atoms. The second-order valence-electron chi connectivity index (χ2n) is 2.90. The largest absolute Gasteiger partial charge is 0.264 e. The number of hydrogen-bond acceptors (Lipinski definition) is 3. The molecule has 0 saturated heterocycles. The van der Waals surface area contributed by atoms with E-state index in [-0.39, 0.29) is 0 Å². The second kappa shape index (κ2) is 3.84. The summed E-state index contributed by atoms with van der Waals surface area (Å²) in [6, 6.07) is 5.68. The fraction of sp³-hybridized carbons (Fsp3) is 0.100. The van der Waals surface area contributed by atoms with Gasteiger partial charge in [0.25, 0.3) is 0 Å². The highest BCUT2D eigenvalue weighted by Gasteiger charge is 2.02. The first-order valence-corrected chi connectivity index (χ1v) is 4.96. The maximum Gasteiger partial charge on any atom is 0.162 e. The second-order valence-corrected chi connectivity index (χ2v) is 3.71. The molecule has 0 spiro atoms. The lowest BCUT2D eigenvalue weighted by molar-refractivity contribution is 1.08. The van der Waals surface area contributed by atoms with Gasteiger partial charge in [0.15, 0.2) is 5.82 Å². The lowest BCUT2D eigenvalue weighted by Gasteiger charge is -2.00. The predicted molar refractivity (Wildman–Crippen MR) is 57.7 cm³/mol. The van der Waals surface area contributed by atoms with Gasteiger partial charge in [-0.25, -0.2) is 9.97 Å². The lowest BCUT2D eigenvalue weighted by Crippen LogP contribution is -1.92. The fourth-order valence-corrected chi connectivity index (χ4v) is 1.65. The standard InChI is InChI=1S/C10H8BrN3/c1-7-5-9(11)14-10(13-7)8-3-2-4-12-6-8/h2-6H,1H3. The number of aryl methyl sites for hydroxylation is 1. The minimum Gasteiger partial charge on any atom is -0.264 e. The molecule has 4 heteroatoms. The van der Waals surface area contributed by atoms with E-state index in [2.05, 4.69) is 30.9 Å². The zero-order chi connectivity index (χ0) is 9.97. The van der Waals surface area contributed by atoms with Crippen molar-refractivity contribution in [3.8, 4) is 11.4 Å². The molecule has 0 aliphatic heterocycles. The Bertz CT molecular complexity index is 422. The molecule has 0 aliphatic carbocycles. The summed E-state index contributed by atoms with van der Waals surface area (Å²) in [5, 5.41) is 0. The molecule has 2 heterocycles. The molecule has 0 amide bonds. The summed E-state index contributed by atoms with van der Waals surface area (Å²) in [5.41, 5.74) is 1.86. The number of hydrogen-bond donors (Lipinski definition) is 0. The van der Waals surface area contributed by atoms with Gasteiger partial charge in [-0.3, -0.25) is 4.98 Å². The van der Waals surface area contributed by atoms with Crippen LogP contribution in [-0.4, -0.2) is 15.0 Å². The van der Waals surface area contributed by atoms with Gasteiger partial charge in [-0.05, 0) is 41.1 Å². The van der Waals surface area contributed by atoms with Crippen molar-refractivity contribution in [3.63, 3.8) is 0 Å². The maximum absolute atomic E-state index is 4.32. The SMILES string of the molecule is Cc1cc(Br)nc(-c2cccnc2)n1. The van der Waals surface area contributed by atoms with Crippen LogP contribution in [0.2, 0.25) is 0 Å². The number of aromatic nitrogens is 3. The van der Waals surface area contributed by atoms with E-state index < -0.39 is 0 Å². The molecule has 2 aromatic heterocycles. The highest BCUT2D eigenvalue weighted by atomic mass is 79.9. The van der Waals surface area contributed by atoms with Gasteiger partial charge in [-0.1, -0.05) is 0 Å². The summed E-state index contributed by atoms with van der Waals surface area (Å²) in [6.45, 7) is 1.94. The van der Waals surface area contributed by atoms with E-state index in [4.69, 9.17) is 0 Å². The highest BCUT2D eigenvalue weighted by Crippen LogP contribution is 2.16. The number of pyridine rings is 1. The Balaban J connectivity index is 2.52. The summed E-state index contributed by atoms with van der Waals surface area (Å²) < 4.78 is 0.795. The van der Waals surface area contributed by atoms with Crippen LogP contribution >= 0.6 is 15.9 Å². The molecule has 2 aromatic rings. The van der Waals surface area contributed by atoms with Gasteiger partial charge in [0.05, 0.1) is 0 Å². The van der Waals surface area contributed by atoms with Crippen molar-refractivity contribution >= 4 is 15.9 Å². The Morgan fingerprint density at radius 2 is 2.14 bits per heavy atom. The van der Waals surface area contributed by atoms with Crippen LogP contribution in [0.1, 0.15) is 5.69 Å². The summed E-state index contributed by atoms with van der Waals surface area (Å²) in [7, 11) is 0. The van der Waals surface area contributed by atoms with Crippen LogP contribution < -0.4 is 0 Å². The average Bonchev–Trinajstić information content (AvgIpc) is 2.18. The predicted octanol–water partition coefficient (Wildman–Crippen LogP) is 2.61. The first-order valence-electron chi connectivity index (χ1n) is 4.17.